The van der Waals surface area contributed by atoms with Gasteiger partial charge >= 0.3 is 0 Å². The number of rotatable bonds is 42. The highest BCUT2D eigenvalue weighted by Gasteiger charge is 2.51. The van der Waals surface area contributed by atoms with Crippen LogP contribution < -0.4 is 5.32 Å². The van der Waals surface area contributed by atoms with Crippen LogP contribution in [0, 0.1) is 0 Å². The van der Waals surface area contributed by atoms with Crippen LogP contribution in [0.1, 0.15) is 187 Å². The van der Waals surface area contributed by atoms with Crippen LogP contribution in [0.3, 0.4) is 0 Å². The summed E-state index contributed by atoms with van der Waals surface area (Å²) in [6, 6.07) is -0.972. The molecule has 0 aromatic rings. The Kier molecular flexibility index (Phi) is 38.9. The summed E-state index contributed by atoms with van der Waals surface area (Å²) < 4.78 is 22.7. The molecule has 0 aliphatic carbocycles. The van der Waals surface area contributed by atoms with Gasteiger partial charge in [0.25, 0.3) is 0 Å². The summed E-state index contributed by atoms with van der Waals surface area (Å²) in [6.07, 6.45) is 38.3. The number of nitrogens with one attached hydrogen (secondary N) is 1. The molecule has 0 bridgehead atoms. The van der Waals surface area contributed by atoms with Gasteiger partial charge in [0.1, 0.15) is 48.8 Å². The maximum atomic E-state index is 13.1. The molecular formula is C57H99NO13. The summed E-state index contributed by atoms with van der Waals surface area (Å²) in [7, 11) is 0. The van der Waals surface area contributed by atoms with Crippen molar-refractivity contribution in [3.05, 3.63) is 72.9 Å². The Morgan fingerprint density at radius 2 is 0.986 bits per heavy atom. The zero-order chi connectivity index (χ0) is 51.7. The van der Waals surface area contributed by atoms with E-state index in [2.05, 4.69) is 67.8 Å². The third kappa shape index (κ3) is 29.2. The zero-order valence-electron chi connectivity index (χ0n) is 43.7. The second-order valence-corrected chi connectivity index (χ2v) is 19.3. The number of carbonyl (C=O) groups excluding carboxylic acids is 1. The number of aliphatic hydroxyl groups excluding tert-OH is 8. The lowest BCUT2D eigenvalue weighted by Gasteiger charge is -2.46. The van der Waals surface area contributed by atoms with E-state index in [-0.39, 0.29) is 18.9 Å². The van der Waals surface area contributed by atoms with Crippen LogP contribution in [0.5, 0.6) is 0 Å². The third-order valence-corrected chi connectivity index (χ3v) is 13.1. The molecule has 71 heavy (non-hydrogen) atoms. The molecule has 14 heteroatoms. The van der Waals surface area contributed by atoms with Crippen LogP contribution in [0.4, 0.5) is 0 Å². The zero-order valence-corrected chi connectivity index (χ0v) is 43.7. The average Bonchev–Trinajstić information content (AvgIpc) is 3.37. The molecule has 2 aliphatic heterocycles. The van der Waals surface area contributed by atoms with Gasteiger partial charge in [0.2, 0.25) is 5.91 Å². The maximum Gasteiger partial charge on any atom is 0.220 e. The molecule has 2 aliphatic rings. The summed E-state index contributed by atoms with van der Waals surface area (Å²) in [6.45, 7) is 2.60. The second-order valence-electron chi connectivity index (χ2n) is 19.3. The highest BCUT2D eigenvalue weighted by atomic mass is 16.7. The first-order valence-corrected chi connectivity index (χ1v) is 27.7. The lowest BCUT2D eigenvalue weighted by Crippen LogP contribution is -2.65. The predicted molar refractivity (Wildman–Crippen MR) is 281 cm³/mol. The van der Waals surface area contributed by atoms with Crippen LogP contribution in [0.2, 0.25) is 0 Å². The molecule has 14 nitrogen and oxygen atoms in total. The van der Waals surface area contributed by atoms with E-state index < -0.39 is 86.8 Å². The summed E-state index contributed by atoms with van der Waals surface area (Å²) in [5.74, 6) is -0.331. The Morgan fingerprint density at radius 1 is 0.521 bits per heavy atom. The predicted octanol–water partition coefficient (Wildman–Crippen LogP) is 8.38. The van der Waals surface area contributed by atoms with Crippen molar-refractivity contribution in [3.8, 4) is 0 Å². The van der Waals surface area contributed by atoms with E-state index in [1.54, 1.807) is 6.08 Å². The molecule has 0 aromatic heterocycles. The van der Waals surface area contributed by atoms with E-state index in [0.29, 0.717) is 12.8 Å². The molecule has 0 radical (unpaired) electrons. The van der Waals surface area contributed by atoms with Gasteiger partial charge in [-0.3, -0.25) is 4.79 Å². The first-order valence-electron chi connectivity index (χ1n) is 27.7. The highest BCUT2D eigenvalue weighted by molar-refractivity contribution is 5.76. The minimum atomic E-state index is -1.80. The number of hydrogen-bond acceptors (Lipinski definition) is 13. The number of carbonyl (C=O) groups is 1. The van der Waals surface area contributed by atoms with Crippen molar-refractivity contribution >= 4 is 5.91 Å². The van der Waals surface area contributed by atoms with Crippen molar-refractivity contribution in [2.75, 3.05) is 19.8 Å². The monoisotopic (exact) mass is 1010 g/mol. The van der Waals surface area contributed by atoms with E-state index >= 15 is 0 Å². The normalized spacial score (nSPS) is 26.3. The molecule has 410 valence electrons. The molecule has 12 atom stereocenters. The molecule has 0 spiro atoms. The molecule has 1 amide bonds. The Bertz CT molecular complexity index is 1470. The second kappa shape index (κ2) is 42.8. The quantitative estimate of drug-likeness (QED) is 0.0207. The van der Waals surface area contributed by atoms with E-state index in [4.69, 9.17) is 18.9 Å². The van der Waals surface area contributed by atoms with Crippen LogP contribution in [0.15, 0.2) is 72.9 Å². The van der Waals surface area contributed by atoms with Crippen LogP contribution in [0.25, 0.3) is 0 Å². The number of unbranched alkanes of at least 4 members (excludes halogenated alkanes) is 19. The first kappa shape index (κ1) is 64.5. The molecule has 2 fully saturated rings. The van der Waals surface area contributed by atoms with Gasteiger partial charge in [0.05, 0.1) is 32.0 Å². The Hall–Kier alpha value is -2.57. The van der Waals surface area contributed by atoms with Crippen LogP contribution in [-0.4, -0.2) is 140 Å². The number of aliphatic hydroxyl groups is 8. The summed E-state index contributed by atoms with van der Waals surface area (Å²) >= 11 is 0. The smallest absolute Gasteiger partial charge is 0.220 e. The van der Waals surface area contributed by atoms with E-state index in [1.807, 2.05) is 18.2 Å². The standard InChI is InChI=1S/C57H99NO13/c1-3-5-7-9-11-13-15-17-18-19-20-21-22-23-24-25-26-27-29-30-32-34-36-38-40-46(61)45(58-49(62)41-39-37-35-33-31-28-16-14-12-10-8-6-4-2)44-68-56-54(67)52(65)55(48(43-60)70-56)71-57-53(66)51(64)50(63)47(42-59)69-57/h6,8,12,14,28,30-32,35,37-38,40,45-48,50-57,59-61,63-67H,3-5,7,9-11,13,15-27,29,33-34,36,39,41-44H2,1-2H3,(H,58,62)/b8-6-,14-12-,31-28-,32-30+,37-35-,40-38+. The van der Waals surface area contributed by atoms with Gasteiger partial charge in [-0.2, -0.15) is 0 Å². The molecule has 9 N–H and O–H groups in total. The number of ether oxygens (including phenoxy) is 4. The number of amides is 1. The Labute approximate surface area is 428 Å². The molecule has 0 aromatic carbocycles. The van der Waals surface area contributed by atoms with Gasteiger partial charge in [-0.25, -0.2) is 0 Å². The van der Waals surface area contributed by atoms with Crippen molar-refractivity contribution in [2.45, 2.75) is 261 Å². The minimum absolute atomic E-state index is 0.149. The molecule has 2 heterocycles. The van der Waals surface area contributed by atoms with Crippen molar-refractivity contribution in [3.63, 3.8) is 0 Å². The summed E-state index contributed by atoms with van der Waals surface area (Å²) in [4.78, 5) is 13.1. The minimum Gasteiger partial charge on any atom is -0.394 e. The van der Waals surface area contributed by atoms with E-state index in [1.165, 1.54) is 116 Å². The van der Waals surface area contributed by atoms with E-state index in [0.717, 1.165) is 38.5 Å². The Morgan fingerprint density at radius 3 is 1.54 bits per heavy atom. The molecular weight excluding hydrogens is 907 g/mol. The number of allylic oxidation sites excluding steroid dienone is 11. The van der Waals surface area contributed by atoms with Gasteiger partial charge in [0.15, 0.2) is 12.6 Å². The van der Waals surface area contributed by atoms with Crippen LogP contribution in [-0.2, 0) is 23.7 Å². The summed E-state index contributed by atoms with van der Waals surface area (Å²) in [5, 5.41) is 86.8. The first-order chi connectivity index (χ1) is 34.6. The SMILES string of the molecule is CC/C=C\C/C=C\C/C=C\C/C=C\CCC(=O)NC(COC1OC(CO)C(OC2OC(CO)C(O)C(O)C2O)C(O)C1O)C(O)/C=C/CC/C=C/CCCCCCCCCCCCCCCCCCCC. The van der Waals surface area contributed by atoms with Crippen molar-refractivity contribution in [1.29, 1.82) is 0 Å². The highest BCUT2D eigenvalue weighted by Crippen LogP contribution is 2.30. The van der Waals surface area contributed by atoms with Gasteiger partial charge in [0, 0.05) is 6.42 Å². The molecule has 0 saturated carbocycles. The van der Waals surface area contributed by atoms with Gasteiger partial charge in [-0.05, 0) is 57.8 Å². The molecule has 12 unspecified atom stereocenters. The van der Waals surface area contributed by atoms with Gasteiger partial charge in [-0.15, -0.1) is 0 Å². The average molecular weight is 1010 g/mol. The van der Waals surface area contributed by atoms with Gasteiger partial charge < -0.3 is 65.1 Å². The van der Waals surface area contributed by atoms with E-state index in [9.17, 15) is 45.6 Å². The molecule has 2 rings (SSSR count). The van der Waals surface area contributed by atoms with Gasteiger partial charge in [-0.1, -0.05) is 196 Å². The van der Waals surface area contributed by atoms with Crippen LogP contribution >= 0.6 is 0 Å². The lowest BCUT2D eigenvalue weighted by atomic mass is 9.97. The number of hydrogen-bond donors (Lipinski definition) is 9. The lowest BCUT2D eigenvalue weighted by molar-refractivity contribution is -0.359. The summed E-state index contributed by atoms with van der Waals surface area (Å²) in [5.41, 5.74) is 0. The molecule has 2 saturated heterocycles. The van der Waals surface area contributed by atoms with Crippen molar-refractivity contribution in [2.24, 2.45) is 0 Å². The Balaban J connectivity index is 1.81. The third-order valence-electron chi connectivity index (χ3n) is 13.1. The fourth-order valence-electron chi connectivity index (χ4n) is 8.67. The fourth-order valence-corrected chi connectivity index (χ4v) is 8.67. The van der Waals surface area contributed by atoms with Crippen molar-refractivity contribution in [1.82, 2.24) is 5.32 Å². The maximum absolute atomic E-state index is 13.1. The topological polar surface area (TPSA) is 228 Å². The van der Waals surface area contributed by atoms with Crippen molar-refractivity contribution < 1.29 is 64.6 Å². The fraction of sp³-hybridized carbons (Fsp3) is 0.772. The largest absolute Gasteiger partial charge is 0.394 e.